The number of amides is 1. The van der Waals surface area contributed by atoms with Gasteiger partial charge in [-0.15, -0.1) is 12.4 Å². The molecule has 1 rings (SSSR count). The fraction of sp³-hybridized carbons (Fsp3) is 0.900. The summed E-state index contributed by atoms with van der Waals surface area (Å²) < 4.78 is 36.2. The fourth-order valence-electron chi connectivity index (χ4n) is 1.87. The summed E-state index contributed by atoms with van der Waals surface area (Å²) in [7, 11) is 0. The number of nitrogens with two attached hydrogens (primary N) is 1. The lowest BCUT2D eigenvalue weighted by molar-refractivity contribution is -0.163. The van der Waals surface area contributed by atoms with Crippen LogP contribution in [0.1, 0.15) is 26.7 Å². The minimum atomic E-state index is -4.43. The molecular weight excluding hydrogens is 257 g/mol. The third-order valence-electron chi connectivity index (χ3n) is 3.02. The van der Waals surface area contributed by atoms with E-state index in [9.17, 15) is 18.0 Å². The molecule has 1 heterocycles. The Balaban J connectivity index is 0.00000256. The molecule has 0 radical (unpaired) electrons. The summed E-state index contributed by atoms with van der Waals surface area (Å²) in [6.07, 6.45) is -5.25. The summed E-state index contributed by atoms with van der Waals surface area (Å²) >= 11 is 0. The van der Waals surface area contributed by atoms with E-state index in [4.69, 9.17) is 5.73 Å². The van der Waals surface area contributed by atoms with Crippen LogP contribution in [0.2, 0.25) is 0 Å². The highest BCUT2D eigenvalue weighted by atomic mass is 35.5. The highest BCUT2D eigenvalue weighted by Gasteiger charge is 2.39. The number of likely N-dealkylation sites (tertiary alicyclic amines) is 1. The number of nitrogens with zero attached hydrogens (tertiary/aromatic N) is 1. The maximum atomic E-state index is 12.1. The zero-order chi connectivity index (χ0) is 12.6. The monoisotopic (exact) mass is 274 g/mol. The molecule has 1 aliphatic heterocycles. The number of rotatable bonds is 1. The van der Waals surface area contributed by atoms with Gasteiger partial charge in [0.1, 0.15) is 6.42 Å². The van der Waals surface area contributed by atoms with E-state index in [1.54, 1.807) is 0 Å². The molecule has 102 valence electrons. The van der Waals surface area contributed by atoms with Crippen LogP contribution in [0.15, 0.2) is 0 Å². The van der Waals surface area contributed by atoms with Crippen LogP contribution in [0.5, 0.6) is 0 Å². The van der Waals surface area contributed by atoms with Crippen LogP contribution in [0.3, 0.4) is 0 Å². The van der Waals surface area contributed by atoms with Crippen molar-refractivity contribution in [3.8, 4) is 0 Å². The Kier molecular flexibility index (Phi) is 5.28. The van der Waals surface area contributed by atoms with Gasteiger partial charge in [-0.05, 0) is 11.8 Å². The highest BCUT2D eigenvalue weighted by molar-refractivity contribution is 5.85. The lowest BCUT2D eigenvalue weighted by Gasteiger charge is -2.42. The summed E-state index contributed by atoms with van der Waals surface area (Å²) in [5.74, 6) is -0.854. The Labute approximate surface area is 105 Å². The zero-order valence-electron chi connectivity index (χ0n) is 9.88. The number of halogens is 4. The molecule has 2 N–H and O–H groups in total. The molecule has 7 heteroatoms. The summed E-state index contributed by atoms with van der Waals surface area (Å²) in [5, 5.41) is 0. The second-order valence-corrected chi connectivity index (χ2v) is 4.99. The Bertz CT molecular complexity index is 281. The summed E-state index contributed by atoms with van der Waals surface area (Å²) in [6.45, 7) is 4.35. The van der Waals surface area contributed by atoms with Crippen molar-refractivity contribution in [2.45, 2.75) is 38.9 Å². The standard InChI is InChI=1S/C10H17F3N2O.ClH/c1-9(2)6-15(4-3-7(9)14)8(16)5-10(11,12)13;/h7H,3-6,14H2,1-2H3;1H. The van der Waals surface area contributed by atoms with E-state index in [1.165, 1.54) is 4.90 Å². The predicted octanol–water partition coefficient (Wildman–Crippen LogP) is 1.95. The average Bonchev–Trinajstić information content (AvgIpc) is 2.06. The number of piperidine rings is 1. The number of hydrogen-bond donors (Lipinski definition) is 1. The van der Waals surface area contributed by atoms with Crippen molar-refractivity contribution < 1.29 is 18.0 Å². The van der Waals surface area contributed by atoms with Gasteiger partial charge >= 0.3 is 6.18 Å². The van der Waals surface area contributed by atoms with Gasteiger partial charge < -0.3 is 10.6 Å². The van der Waals surface area contributed by atoms with Crippen molar-refractivity contribution in [1.29, 1.82) is 0 Å². The topological polar surface area (TPSA) is 46.3 Å². The van der Waals surface area contributed by atoms with Crippen LogP contribution in [0.4, 0.5) is 13.2 Å². The molecule has 0 bridgehead atoms. The Morgan fingerprint density at radius 1 is 1.47 bits per heavy atom. The van der Waals surface area contributed by atoms with Crippen molar-refractivity contribution in [3.63, 3.8) is 0 Å². The molecule has 1 amide bonds. The zero-order valence-corrected chi connectivity index (χ0v) is 10.7. The van der Waals surface area contributed by atoms with E-state index in [0.717, 1.165) is 0 Å². The SMILES string of the molecule is CC1(C)CN(C(=O)CC(F)(F)F)CCC1N.Cl. The molecule has 1 fully saturated rings. The third-order valence-corrected chi connectivity index (χ3v) is 3.02. The summed E-state index contributed by atoms with van der Waals surface area (Å²) in [6, 6.07) is -0.0672. The van der Waals surface area contributed by atoms with Gasteiger partial charge in [-0.3, -0.25) is 4.79 Å². The van der Waals surface area contributed by atoms with Crippen molar-refractivity contribution in [1.82, 2.24) is 4.90 Å². The van der Waals surface area contributed by atoms with Gasteiger partial charge in [0, 0.05) is 19.1 Å². The molecule has 3 nitrogen and oxygen atoms in total. The lowest BCUT2D eigenvalue weighted by Crippen LogP contribution is -2.54. The number of hydrogen-bond acceptors (Lipinski definition) is 2. The van der Waals surface area contributed by atoms with Crippen molar-refractivity contribution in [2.75, 3.05) is 13.1 Å². The maximum Gasteiger partial charge on any atom is 0.397 e. The molecule has 1 saturated heterocycles. The highest BCUT2D eigenvalue weighted by Crippen LogP contribution is 2.29. The summed E-state index contributed by atoms with van der Waals surface area (Å²) in [5.41, 5.74) is 5.52. The van der Waals surface area contributed by atoms with E-state index < -0.39 is 18.5 Å². The Hall–Kier alpha value is -0.490. The average molecular weight is 275 g/mol. The molecular formula is C10H18ClF3N2O. The molecule has 0 aliphatic carbocycles. The quantitative estimate of drug-likeness (QED) is 0.794. The van der Waals surface area contributed by atoms with Crippen LogP contribution in [0, 0.1) is 5.41 Å². The molecule has 0 saturated carbocycles. The maximum absolute atomic E-state index is 12.1. The third kappa shape index (κ3) is 4.71. The second-order valence-electron chi connectivity index (χ2n) is 4.99. The summed E-state index contributed by atoms with van der Waals surface area (Å²) in [4.78, 5) is 12.6. The van der Waals surface area contributed by atoms with Crippen LogP contribution < -0.4 is 5.73 Å². The van der Waals surface area contributed by atoms with Gasteiger partial charge in [0.05, 0.1) is 0 Å². The van der Waals surface area contributed by atoms with Crippen molar-refractivity contribution >= 4 is 18.3 Å². The van der Waals surface area contributed by atoms with Crippen LogP contribution in [-0.4, -0.2) is 36.1 Å². The molecule has 0 spiro atoms. The first-order valence-corrected chi connectivity index (χ1v) is 5.22. The van der Waals surface area contributed by atoms with Crippen LogP contribution in [-0.2, 0) is 4.79 Å². The van der Waals surface area contributed by atoms with Crippen molar-refractivity contribution in [3.05, 3.63) is 0 Å². The van der Waals surface area contributed by atoms with Gasteiger partial charge in [-0.2, -0.15) is 13.2 Å². The number of alkyl halides is 3. The Morgan fingerprint density at radius 3 is 2.41 bits per heavy atom. The smallest absolute Gasteiger partial charge is 0.342 e. The molecule has 0 aromatic rings. The Morgan fingerprint density at radius 2 is 2.00 bits per heavy atom. The van der Waals surface area contributed by atoms with Crippen LogP contribution in [0.25, 0.3) is 0 Å². The number of carbonyl (C=O) groups excluding carboxylic acids is 1. The largest absolute Gasteiger partial charge is 0.397 e. The van der Waals surface area contributed by atoms with Crippen molar-refractivity contribution in [2.24, 2.45) is 11.1 Å². The second kappa shape index (κ2) is 5.44. The number of carbonyl (C=O) groups is 1. The van der Waals surface area contributed by atoms with E-state index >= 15 is 0 Å². The van der Waals surface area contributed by atoms with Gasteiger partial charge in [0.2, 0.25) is 5.91 Å². The van der Waals surface area contributed by atoms with E-state index in [2.05, 4.69) is 0 Å². The molecule has 0 aromatic heterocycles. The molecule has 1 unspecified atom stereocenters. The van der Waals surface area contributed by atoms with E-state index in [1.807, 2.05) is 13.8 Å². The van der Waals surface area contributed by atoms with Gasteiger partial charge in [-0.1, -0.05) is 13.8 Å². The first-order chi connectivity index (χ1) is 7.12. The van der Waals surface area contributed by atoms with Gasteiger partial charge in [0.15, 0.2) is 0 Å². The molecule has 1 aliphatic rings. The molecule has 1 atom stereocenters. The minimum Gasteiger partial charge on any atom is -0.342 e. The normalized spacial score (nSPS) is 24.1. The van der Waals surface area contributed by atoms with E-state index in [0.29, 0.717) is 19.5 Å². The fourth-order valence-corrected chi connectivity index (χ4v) is 1.87. The predicted molar refractivity (Wildman–Crippen MR) is 60.9 cm³/mol. The first-order valence-electron chi connectivity index (χ1n) is 5.22. The van der Waals surface area contributed by atoms with Gasteiger partial charge in [0.25, 0.3) is 0 Å². The lowest BCUT2D eigenvalue weighted by atomic mass is 9.79. The minimum absolute atomic E-state index is 0. The first kappa shape index (κ1) is 16.5. The van der Waals surface area contributed by atoms with E-state index in [-0.39, 0.29) is 23.9 Å². The van der Waals surface area contributed by atoms with Crippen LogP contribution >= 0.6 is 12.4 Å². The molecule has 0 aromatic carbocycles. The molecule has 17 heavy (non-hydrogen) atoms. The van der Waals surface area contributed by atoms with Gasteiger partial charge in [-0.25, -0.2) is 0 Å².